The molecule has 7 nitrogen and oxygen atoms in total. The lowest BCUT2D eigenvalue weighted by molar-refractivity contribution is -0.113. The normalized spacial score (nSPS) is 10.6. The number of nitrogens with zero attached hydrogens (tertiary/aromatic N) is 4. The van der Waals surface area contributed by atoms with Crippen LogP contribution >= 0.6 is 43.6 Å². The first-order valence-corrected chi connectivity index (χ1v) is 9.16. The van der Waals surface area contributed by atoms with Crippen LogP contribution in [0, 0.1) is 0 Å². The molecule has 1 N–H and O–H groups in total. The van der Waals surface area contributed by atoms with Gasteiger partial charge in [-0.15, -0.1) is 10.2 Å². The fourth-order valence-corrected chi connectivity index (χ4v) is 3.33. The lowest BCUT2D eigenvalue weighted by Gasteiger charge is -2.05. The molecule has 0 bridgehead atoms. The molecule has 3 aromatic heterocycles. The van der Waals surface area contributed by atoms with E-state index in [2.05, 4.69) is 57.3 Å². The van der Waals surface area contributed by atoms with Crippen molar-refractivity contribution < 1.29 is 9.21 Å². The summed E-state index contributed by atoms with van der Waals surface area (Å²) in [6.07, 6.45) is 4.89. The zero-order valence-corrected chi connectivity index (χ0v) is 15.9. The molecule has 3 rings (SSSR count). The van der Waals surface area contributed by atoms with Gasteiger partial charge in [0.25, 0.3) is 5.22 Å². The van der Waals surface area contributed by atoms with Crippen LogP contribution in [0.1, 0.15) is 0 Å². The molecule has 3 aromatic rings. The number of hydrogen-bond acceptors (Lipinski definition) is 7. The summed E-state index contributed by atoms with van der Waals surface area (Å²) in [6.45, 7) is 0. The van der Waals surface area contributed by atoms with E-state index in [1.807, 2.05) is 6.07 Å². The lowest BCUT2D eigenvalue weighted by atomic mass is 10.3. The SMILES string of the molecule is O=C(CSc1nnc(-c2cccnc2)o1)Nc1ncc(Br)cc1Br. The third kappa shape index (κ3) is 4.40. The molecule has 1 amide bonds. The topological polar surface area (TPSA) is 93.8 Å². The molecule has 0 saturated heterocycles. The summed E-state index contributed by atoms with van der Waals surface area (Å²) in [5.41, 5.74) is 0.726. The van der Waals surface area contributed by atoms with Gasteiger partial charge in [0.05, 0.1) is 15.8 Å². The summed E-state index contributed by atoms with van der Waals surface area (Å²) in [5, 5.41) is 10.9. The van der Waals surface area contributed by atoms with Crippen molar-refractivity contribution in [3.8, 4) is 11.5 Å². The highest BCUT2D eigenvalue weighted by atomic mass is 79.9. The number of carbonyl (C=O) groups excluding carboxylic acids is 1. The van der Waals surface area contributed by atoms with Gasteiger partial charge in [0.1, 0.15) is 5.82 Å². The second-order valence-corrected chi connectivity index (χ2v) is 7.13. The molecule has 0 aliphatic carbocycles. The van der Waals surface area contributed by atoms with Crippen LogP contribution in [0.2, 0.25) is 0 Å². The molecule has 3 heterocycles. The third-order valence-corrected chi connectivity index (χ3v) is 4.56. The van der Waals surface area contributed by atoms with Crippen molar-refractivity contribution in [3.05, 3.63) is 45.7 Å². The first-order valence-electron chi connectivity index (χ1n) is 6.59. The minimum absolute atomic E-state index is 0.124. The van der Waals surface area contributed by atoms with E-state index in [-0.39, 0.29) is 11.7 Å². The number of halogens is 2. The van der Waals surface area contributed by atoms with Crippen LogP contribution in [0.3, 0.4) is 0 Å². The molecule has 0 saturated carbocycles. The molecule has 10 heteroatoms. The monoisotopic (exact) mass is 469 g/mol. The van der Waals surface area contributed by atoms with Gasteiger partial charge in [-0.1, -0.05) is 11.8 Å². The van der Waals surface area contributed by atoms with Gasteiger partial charge >= 0.3 is 0 Å². The molecule has 122 valence electrons. The minimum atomic E-state index is -0.225. The Bertz CT molecular complexity index is 859. The standard InChI is InChI=1S/C14H9Br2N5O2S/c15-9-4-10(16)12(18-6-9)19-11(22)7-24-14-21-20-13(23-14)8-2-1-3-17-5-8/h1-6H,7H2,(H,18,19,22). The van der Waals surface area contributed by atoms with Crippen molar-refractivity contribution in [1.29, 1.82) is 0 Å². The van der Waals surface area contributed by atoms with Gasteiger partial charge in [-0.2, -0.15) is 0 Å². The first kappa shape index (κ1) is 17.1. The Labute approximate surface area is 157 Å². The summed E-state index contributed by atoms with van der Waals surface area (Å²) < 4.78 is 7.00. The van der Waals surface area contributed by atoms with Crippen LogP contribution in [0.5, 0.6) is 0 Å². The molecular formula is C14H9Br2N5O2S. The van der Waals surface area contributed by atoms with Crippen molar-refractivity contribution in [3.63, 3.8) is 0 Å². The third-order valence-electron chi connectivity index (χ3n) is 2.71. The van der Waals surface area contributed by atoms with Gasteiger partial charge in [0.2, 0.25) is 11.8 Å². The highest BCUT2D eigenvalue weighted by molar-refractivity contribution is 9.11. The van der Waals surface area contributed by atoms with E-state index < -0.39 is 0 Å². The number of hydrogen-bond donors (Lipinski definition) is 1. The molecule has 0 unspecified atom stereocenters. The average Bonchev–Trinajstić information content (AvgIpc) is 3.05. The van der Waals surface area contributed by atoms with Crippen LogP contribution in [0.4, 0.5) is 5.82 Å². The summed E-state index contributed by atoms with van der Waals surface area (Å²) in [5.74, 6) is 0.712. The van der Waals surface area contributed by atoms with Crippen molar-refractivity contribution in [2.24, 2.45) is 0 Å². The average molecular weight is 471 g/mol. The molecule has 0 fully saturated rings. The lowest BCUT2D eigenvalue weighted by Crippen LogP contribution is -2.15. The van der Waals surface area contributed by atoms with Crippen LogP contribution in [-0.4, -0.2) is 31.8 Å². The Morgan fingerprint density at radius 1 is 1.29 bits per heavy atom. The van der Waals surface area contributed by atoms with Gasteiger partial charge in [-0.3, -0.25) is 9.78 Å². The fourth-order valence-electron chi connectivity index (χ4n) is 1.68. The van der Waals surface area contributed by atoms with E-state index >= 15 is 0 Å². The Morgan fingerprint density at radius 3 is 2.92 bits per heavy atom. The zero-order valence-electron chi connectivity index (χ0n) is 11.9. The highest BCUT2D eigenvalue weighted by Gasteiger charge is 2.12. The smallest absolute Gasteiger partial charge is 0.277 e. The molecule has 0 spiro atoms. The van der Waals surface area contributed by atoms with E-state index in [0.29, 0.717) is 21.4 Å². The Morgan fingerprint density at radius 2 is 2.17 bits per heavy atom. The molecule has 0 atom stereocenters. The number of aromatic nitrogens is 4. The second kappa shape index (κ2) is 7.86. The maximum absolute atomic E-state index is 12.0. The van der Waals surface area contributed by atoms with Crippen LogP contribution in [0.25, 0.3) is 11.5 Å². The second-order valence-electron chi connectivity index (χ2n) is 4.44. The Hall–Kier alpha value is -1.78. The maximum Gasteiger partial charge on any atom is 0.277 e. The van der Waals surface area contributed by atoms with Crippen molar-refractivity contribution in [2.45, 2.75) is 5.22 Å². The molecule has 0 aliphatic heterocycles. The number of nitrogens with one attached hydrogen (secondary N) is 1. The van der Waals surface area contributed by atoms with E-state index in [0.717, 1.165) is 21.8 Å². The number of amides is 1. The van der Waals surface area contributed by atoms with Crippen LogP contribution < -0.4 is 5.32 Å². The number of carbonyl (C=O) groups is 1. The zero-order chi connectivity index (χ0) is 16.9. The summed E-state index contributed by atoms with van der Waals surface area (Å²) in [4.78, 5) is 20.1. The molecule has 0 radical (unpaired) electrons. The molecule has 24 heavy (non-hydrogen) atoms. The number of rotatable bonds is 5. The van der Waals surface area contributed by atoms with Crippen LogP contribution in [-0.2, 0) is 4.79 Å². The number of pyridine rings is 2. The van der Waals surface area contributed by atoms with Crippen molar-refractivity contribution >= 4 is 55.3 Å². The minimum Gasteiger partial charge on any atom is -0.411 e. The Balaban J connectivity index is 1.58. The van der Waals surface area contributed by atoms with Crippen LogP contribution in [0.15, 0.2) is 55.4 Å². The van der Waals surface area contributed by atoms with Gasteiger partial charge < -0.3 is 9.73 Å². The molecule has 0 aliphatic rings. The fraction of sp³-hybridized carbons (Fsp3) is 0.0714. The van der Waals surface area contributed by atoms with Gasteiger partial charge in [-0.25, -0.2) is 4.98 Å². The van der Waals surface area contributed by atoms with E-state index in [9.17, 15) is 4.79 Å². The van der Waals surface area contributed by atoms with E-state index in [1.54, 1.807) is 30.7 Å². The van der Waals surface area contributed by atoms with Crippen molar-refractivity contribution in [1.82, 2.24) is 20.2 Å². The molecular weight excluding hydrogens is 462 g/mol. The van der Waals surface area contributed by atoms with Gasteiger partial charge in [-0.05, 0) is 50.1 Å². The predicted molar refractivity (Wildman–Crippen MR) is 96.5 cm³/mol. The predicted octanol–water partition coefficient (Wildman–Crippen LogP) is 3.78. The van der Waals surface area contributed by atoms with Gasteiger partial charge in [0, 0.05) is 23.1 Å². The van der Waals surface area contributed by atoms with Crippen molar-refractivity contribution in [2.75, 3.05) is 11.1 Å². The van der Waals surface area contributed by atoms with Gasteiger partial charge in [0.15, 0.2) is 0 Å². The number of anilines is 1. The highest BCUT2D eigenvalue weighted by Crippen LogP contribution is 2.25. The largest absolute Gasteiger partial charge is 0.411 e. The Kier molecular flexibility index (Phi) is 5.59. The van der Waals surface area contributed by atoms with E-state index in [1.165, 1.54) is 0 Å². The summed E-state index contributed by atoms with van der Waals surface area (Å²) in [7, 11) is 0. The van der Waals surface area contributed by atoms with E-state index in [4.69, 9.17) is 4.42 Å². The molecule has 0 aromatic carbocycles. The maximum atomic E-state index is 12.0. The number of thioether (sulfide) groups is 1. The summed E-state index contributed by atoms with van der Waals surface area (Å²) >= 11 is 7.79. The quantitative estimate of drug-likeness (QED) is 0.567. The first-order chi connectivity index (χ1) is 11.6. The summed E-state index contributed by atoms with van der Waals surface area (Å²) in [6, 6.07) is 5.40.